The lowest BCUT2D eigenvalue weighted by molar-refractivity contribution is -0.129. The van der Waals surface area contributed by atoms with Gasteiger partial charge in [-0.1, -0.05) is 11.6 Å². The van der Waals surface area contributed by atoms with Crippen LogP contribution in [0.2, 0.25) is 5.02 Å². The van der Waals surface area contributed by atoms with Gasteiger partial charge >= 0.3 is 6.09 Å². The molecule has 1 fully saturated rings. The van der Waals surface area contributed by atoms with E-state index in [4.69, 9.17) is 25.8 Å². The highest BCUT2D eigenvalue weighted by molar-refractivity contribution is 7.90. The highest BCUT2D eigenvalue weighted by atomic mass is 35.5. The molecule has 2 N–H and O–H groups in total. The van der Waals surface area contributed by atoms with Crippen LogP contribution in [0.25, 0.3) is 0 Å². The van der Waals surface area contributed by atoms with Gasteiger partial charge in [-0.3, -0.25) is 4.79 Å². The molecule has 1 aromatic carbocycles. The molecule has 11 heteroatoms. The molecule has 2 rings (SSSR count). The van der Waals surface area contributed by atoms with Gasteiger partial charge in [-0.2, -0.15) is 0 Å². The van der Waals surface area contributed by atoms with Crippen molar-refractivity contribution in [3.8, 4) is 5.75 Å². The number of nitrogens with zero attached hydrogens (tertiary/aromatic N) is 1. The Balaban J connectivity index is 2.13. The molecule has 1 aromatic rings. The van der Waals surface area contributed by atoms with Crippen LogP contribution in [0.4, 0.5) is 4.79 Å². The van der Waals surface area contributed by atoms with Crippen molar-refractivity contribution in [1.29, 1.82) is 0 Å². The van der Waals surface area contributed by atoms with Crippen molar-refractivity contribution in [3.05, 3.63) is 28.3 Å². The summed E-state index contributed by atoms with van der Waals surface area (Å²) in [6.07, 6.45) is -0.434. The number of amides is 2. The van der Waals surface area contributed by atoms with Gasteiger partial charge in [0.05, 0.1) is 12.0 Å². The van der Waals surface area contributed by atoms with Crippen LogP contribution in [0, 0.1) is 12.8 Å². The molecule has 0 aromatic heterocycles. The molecule has 1 heterocycles. The predicted octanol–water partition coefficient (Wildman–Crippen LogP) is 3.71. The Labute approximate surface area is 216 Å². The Morgan fingerprint density at radius 2 is 1.86 bits per heavy atom. The van der Waals surface area contributed by atoms with E-state index < -0.39 is 33.8 Å². The number of rotatable bonds is 9. The maximum absolute atomic E-state index is 12.9. The fourth-order valence-electron chi connectivity index (χ4n) is 3.18. The van der Waals surface area contributed by atoms with Gasteiger partial charge in [-0.05, 0) is 66.2 Å². The maximum atomic E-state index is 12.9. The van der Waals surface area contributed by atoms with Gasteiger partial charge in [0.25, 0.3) is 0 Å². The Bertz CT molecular complexity index is 896. The highest BCUT2D eigenvalue weighted by Gasteiger charge is 2.38. The Hall–Kier alpha value is -1.72. The van der Waals surface area contributed by atoms with E-state index in [9.17, 15) is 14.1 Å². The van der Waals surface area contributed by atoms with E-state index in [1.807, 2.05) is 27.7 Å². The van der Waals surface area contributed by atoms with Gasteiger partial charge < -0.3 is 29.0 Å². The smallest absolute Gasteiger partial charge is 0.410 e. The molecule has 0 bridgehead atoms. The van der Waals surface area contributed by atoms with Gasteiger partial charge in [0, 0.05) is 48.7 Å². The largest absolute Gasteiger partial charge is 0.598 e. The fraction of sp³-hybridized carbons (Fsp3) is 0.667. The van der Waals surface area contributed by atoms with Crippen LogP contribution in [0.15, 0.2) is 12.1 Å². The summed E-state index contributed by atoms with van der Waals surface area (Å²) < 4.78 is 31.7. The number of likely N-dealkylation sites (tertiary alicyclic amines) is 1. The van der Waals surface area contributed by atoms with Crippen molar-refractivity contribution in [1.82, 2.24) is 14.9 Å². The van der Waals surface area contributed by atoms with Crippen molar-refractivity contribution in [2.24, 2.45) is 5.92 Å². The minimum atomic E-state index is -1.43. The van der Waals surface area contributed by atoms with Crippen LogP contribution < -0.4 is 14.8 Å². The number of hydrogen-bond donors (Lipinski definition) is 2. The molecule has 1 unspecified atom stereocenters. The minimum Gasteiger partial charge on any atom is -0.598 e. The summed E-state index contributed by atoms with van der Waals surface area (Å²) in [5, 5.41) is 3.45. The van der Waals surface area contributed by atoms with Crippen LogP contribution >= 0.6 is 11.6 Å². The summed E-state index contributed by atoms with van der Waals surface area (Å²) in [7, 11) is 1.52. The molecular formula is C24H38ClN3O6S. The van der Waals surface area contributed by atoms with Crippen LogP contribution in [0.1, 0.15) is 58.7 Å². The number of carbonyl (C=O) groups is 2. The Morgan fingerprint density at radius 3 is 2.40 bits per heavy atom. The first-order valence-corrected chi connectivity index (χ1v) is 13.0. The lowest BCUT2D eigenvalue weighted by Crippen LogP contribution is -2.57. The zero-order valence-corrected chi connectivity index (χ0v) is 23.4. The molecular weight excluding hydrogens is 494 g/mol. The number of halogens is 1. The molecule has 1 aliphatic rings. The lowest BCUT2D eigenvalue weighted by atomic mass is 9.99. The van der Waals surface area contributed by atoms with Crippen molar-refractivity contribution < 1.29 is 28.4 Å². The first kappa shape index (κ1) is 29.5. The third kappa shape index (κ3) is 8.71. The molecule has 1 saturated heterocycles. The highest BCUT2D eigenvalue weighted by Crippen LogP contribution is 2.33. The summed E-state index contributed by atoms with van der Waals surface area (Å²) in [4.78, 5) is 26.5. The van der Waals surface area contributed by atoms with Crippen LogP contribution in [-0.4, -0.2) is 65.3 Å². The van der Waals surface area contributed by atoms with Crippen LogP contribution in [0.5, 0.6) is 5.75 Å². The number of methoxy groups -OCH3 is 1. The third-order valence-electron chi connectivity index (χ3n) is 5.19. The molecule has 0 spiro atoms. The molecule has 35 heavy (non-hydrogen) atoms. The second-order valence-electron chi connectivity index (χ2n) is 10.6. The van der Waals surface area contributed by atoms with Gasteiger partial charge in [0.1, 0.15) is 16.1 Å². The number of benzene rings is 1. The van der Waals surface area contributed by atoms with E-state index in [0.29, 0.717) is 16.3 Å². The number of carbonyl (C=O) groups excluding carboxylic acids is 2. The average molecular weight is 532 g/mol. The standard InChI is InChI=1S/C24H38ClN3O6S/c1-15-9-20(33-14-32-8)17(10-18(15)25)19(27-35(31)24(5,6)7)11-26-21(29)16-12-28(13-16)22(30)34-23(2,3)4/h9-10,16,19,27H,11-14H2,1-8H3,(H,26,29)/t19?,35-/m0/s1. The van der Waals surface area contributed by atoms with Gasteiger partial charge in [-0.25, -0.2) is 4.79 Å². The number of ether oxygens (including phenoxy) is 3. The summed E-state index contributed by atoms with van der Waals surface area (Å²) >= 11 is 4.97. The summed E-state index contributed by atoms with van der Waals surface area (Å²) in [5.41, 5.74) is 0.877. The zero-order chi connectivity index (χ0) is 26.6. The Kier molecular flexibility index (Phi) is 10.1. The zero-order valence-electron chi connectivity index (χ0n) is 21.8. The molecule has 9 nitrogen and oxygen atoms in total. The fourth-order valence-corrected chi connectivity index (χ4v) is 4.17. The number of hydrogen-bond acceptors (Lipinski definition) is 7. The second-order valence-corrected chi connectivity index (χ2v) is 13.0. The summed E-state index contributed by atoms with van der Waals surface area (Å²) in [6.45, 7) is 13.6. The van der Waals surface area contributed by atoms with Gasteiger partial charge in [0.15, 0.2) is 6.79 Å². The monoisotopic (exact) mass is 531 g/mol. The number of nitrogens with one attached hydrogen (secondary N) is 2. The van der Waals surface area contributed by atoms with Gasteiger partial charge in [0.2, 0.25) is 5.91 Å². The summed E-state index contributed by atoms with van der Waals surface area (Å²) in [5.74, 6) is -0.0241. The quantitative estimate of drug-likeness (QED) is 0.369. The molecule has 2 atom stereocenters. The van der Waals surface area contributed by atoms with Crippen molar-refractivity contribution in [2.75, 3.05) is 33.5 Å². The van der Waals surface area contributed by atoms with E-state index in [1.54, 1.807) is 32.9 Å². The van der Waals surface area contributed by atoms with Crippen LogP contribution in [0.3, 0.4) is 0 Å². The molecule has 0 radical (unpaired) electrons. The maximum Gasteiger partial charge on any atom is 0.410 e. The topological polar surface area (TPSA) is 112 Å². The van der Waals surface area contributed by atoms with E-state index in [0.717, 1.165) is 5.56 Å². The number of aryl methyl sites for hydroxylation is 1. The molecule has 0 saturated carbocycles. The second kappa shape index (κ2) is 12.0. The Morgan fingerprint density at radius 1 is 1.23 bits per heavy atom. The average Bonchev–Trinajstić information content (AvgIpc) is 2.68. The van der Waals surface area contributed by atoms with Crippen LogP contribution in [-0.2, 0) is 25.6 Å². The predicted molar refractivity (Wildman–Crippen MR) is 137 cm³/mol. The normalized spacial score (nSPS) is 16.3. The van der Waals surface area contributed by atoms with E-state index in [1.165, 1.54) is 12.0 Å². The first-order valence-electron chi connectivity index (χ1n) is 11.5. The summed E-state index contributed by atoms with van der Waals surface area (Å²) in [6, 6.07) is 2.99. The van der Waals surface area contributed by atoms with Crippen molar-refractivity contribution >= 4 is 35.0 Å². The SMILES string of the molecule is COCOc1cc(C)c(Cl)cc1C(CNC(=O)C1CN(C(=O)OC(C)(C)C)C1)N[S@@+]([O-])C(C)(C)C. The molecule has 1 aliphatic heterocycles. The molecule has 2 amide bonds. The van der Waals surface area contributed by atoms with E-state index in [2.05, 4.69) is 10.0 Å². The lowest BCUT2D eigenvalue weighted by Gasteiger charge is -2.39. The van der Waals surface area contributed by atoms with Crippen molar-refractivity contribution in [3.63, 3.8) is 0 Å². The van der Waals surface area contributed by atoms with Crippen molar-refractivity contribution in [2.45, 2.75) is 64.9 Å². The van der Waals surface area contributed by atoms with E-state index in [-0.39, 0.29) is 38.3 Å². The third-order valence-corrected chi connectivity index (χ3v) is 7.21. The van der Waals surface area contributed by atoms with E-state index >= 15 is 0 Å². The molecule has 0 aliphatic carbocycles. The van der Waals surface area contributed by atoms with Gasteiger partial charge in [-0.15, -0.1) is 4.72 Å². The molecule has 198 valence electrons. The minimum absolute atomic E-state index is 0.0259. The first-order chi connectivity index (χ1) is 16.1.